The molecule has 20 heavy (non-hydrogen) atoms. The molecule has 0 heterocycles. The zero-order chi connectivity index (χ0) is 13.9. The Morgan fingerprint density at radius 3 is 2.90 bits per heavy atom. The zero-order valence-corrected chi connectivity index (χ0v) is 11.6. The normalized spacial score (nSPS) is 17.9. The highest BCUT2D eigenvalue weighted by atomic mass is 16.4. The summed E-state index contributed by atoms with van der Waals surface area (Å²) in [6.45, 7) is 0. The van der Waals surface area contributed by atoms with Gasteiger partial charge in [-0.05, 0) is 59.9 Å². The lowest BCUT2D eigenvalue weighted by Gasteiger charge is -2.26. The molecule has 0 fully saturated rings. The Bertz CT molecular complexity index is 630. The largest absolute Gasteiger partial charge is 0.481 e. The molecule has 0 radical (unpaired) electrons. The molecule has 0 saturated carbocycles. The molecule has 1 aliphatic carbocycles. The SMILES string of the molecule is O=C(O)CCCC1CCCc2c1ccc1ccccc21. The Hall–Kier alpha value is -1.83. The molecule has 2 heteroatoms. The van der Waals surface area contributed by atoms with Gasteiger partial charge in [-0.1, -0.05) is 36.4 Å². The zero-order valence-electron chi connectivity index (χ0n) is 11.6. The van der Waals surface area contributed by atoms with Gasteiger partial charge in [-0.15, -0.1) is 0 Å². The van der Waals surface area contributed by atoms with E-state index in [1.165, 1.54) is 34.7 Å². The lowest BCUT2D eigenvalue weighted by molar-refractivity contribution is -0.137. The number of aliphatic carboxylic acids is 1. The third-order valence-electron chi connectivity index (χ3n) is 4.44. The fourth-order valence-corrected chi connectivity index (χ4v) is 3.49. The monoisotopic (exact) mass is 268 g/mol. The van der Waals surface area contributed by atoms with E-state index in [2.05, 4.69) is 36.4 Å². The van der Waals surface area contributed by atoms with Crippen molar-refractivity contribution >= 4 is 16.7 Å². The lowest BCUT2D eigenvalue weighted by Crippen LogP contribution is -2.11. The maximum absolute atomic E-state index is 10.7. The van der Waals surface area contributed by atoms with Gasteiger partial charge in [-0.25, -0.2) is 0 Å². The Morgan fingerprint density at radius 1 is 1.20 bits per heavy atom. The molecule has 1 atom stereocenters. The number of carbonyl (C=O) groups is 1. The highest BCUT2D eigenvalue weighted by Crippen LogP contribution is 2.38. The van der Waals surface area contributed by atoms with E-state index < -0.39 is 5.97 Å². The number of rotatable bonds is 4. The van der Waals surface area contributed by atoms with E-state index in [1.807, 2.05) is 0 Å². The van der Waals surface area contributed by atoms with E-state index in [-0.39, 0.29) is 0 Å². The summed E-state index contributed by atoms with van der Waals surface area (Å²) in [5.74, 6) is -0.137. The third-order valence-corrected chi connectivity index (χ3v) is 4.44. The van der Waals surface area contributed by atoms with Crippen molar-refractivity contribution in [3.05, 3.63) is 47.5 Å². The Balaban J connectivity index is 1.89. The molecule has 3 rings (SSSR count). The topological polar surface area (TPSA) is 37.3 Å². The van der Waals surface area contributed by atoms with E-state index in [4.69, 9.17) is 5.11 Å². The van der Waals surface area contributed by atoms with Crippen LogP contribution in [0.2, 0.25) is 0 Å². The lowest BCUT2D eigenvalue weighted by atomic mass is 9.78. The number of hydrogen-bond acceptors (Lipinski definition) is 1. The molecule has 2 nitrogen and oxygen atoms in total. The quantitative estimate of drug-likeness (QED) is 0.885. The number of carboxylic acids is 1. The van der Waals surface area contributed by atoms with E-state index in [0.717, 1.165) is 19.3 Å². The van der Waals surface area contributed by atoms with Crippen LogP contribution in [0.1, 0.15) is 49.1 Å². The smallest absolute Gasteiger partial charge is 0.303 e. The van der Waals surface area contributed by atoms with Crippen LogP contribution in [0.25, 0.3) is 10.8 Å². The van der Waals surface area contributed by atoms with Gasteiger partial charge in [0.1, 0.15) is 0 Å². The molecule has 0 aromatic heterocycles. The highest BCUT2D eigenvalue weighted by Gasteiger charge is 2.21. The molecule has 2 aromatic carbocycles. The van der Waals surface area contributed by atoms with Gasteiger partial charge >= 0.3 is 5.97 Å². The molecular formula is C18H20O2. The Morgan fingerprint density at radius 2 is 2.05 bits per heavy atom. The summed E-state index contributed by atoms with van der Waals surface area (Å²) in [6, 6.07) is 13.1. The second-order valence-electron chi connectivity index (χ2n) is 5.73. The van der Waals surface area contributed by atoms with Crippen LogP contribution in [-0.2, 0) is 11.2 Å². The van der Waals surface area contributed by atoms with E-state index in [0.29, 0.717) is 12.3 Å². The summed E-state index contributed by atoms with van der Waals surface area (Å²) < 4.78 is 0. The second-order valence-corrected chi connectivity index (χ2v) is 5.73. The summed E-state index contributed by atoms with van der Waals surface area (Å²) in [5, 5.41) is 11.5. The molecule has 0 aliphatic heterocycles. The molecule has 0 bridgehead atoms. The Labute approximate surface area is 119 Å². The predicted molar refractivity (Wildman–Crippen MR) is 81.1 cm³/mol. The summed E-state index contributed by atoms with van der Waals surface area (Å²) >= 11 is 0. The molecular weight excluding hydrogens is 248 g/mol. The third kappa shape index (κ3) is 2.55. The van der Waals surface area contributed by atoms with Crippen molar-refractivity contribution in [2.75, 3.05) is 0 Å². The first-order valence-corrected chi connectivity index (χ1v) is 7.48. The van der Waals surface area contributed by atoms with Crippen molar-refractivity contribution in [1.29, 1.82) is 0 Å². The van der Waals surface area contributed by atoms with Gasteiger partial charge in [-0.3, -0.25) is 4.79 Å². The molecule has 0 saturated heterocycles. The van der Waals surface area contributed by atoms with Gasteiger partial charge in [0.15, 0.2) is 0 Å². The molecule has 0 amide bonds. The van der Waals surface area contributed by atoms with Gasteiger partial charge in [0.25, 0.3) is 0 Å². The summed E-state index contributed by atoms with van der Waals surface area (Å²) in [5.41, 5.74) is 2.95. The van der Waals surface area contributed by atoms with Crippen molar-refractivity contribution in [2.24, 2.45) is 0 Å². The van der Waals surface area contributed by atoms with E-state index in [9.17, 15) is 4.79 Å². The van der Waals surface area contributed by atoms with E-state index in [1.54, 1.807) is 0 Å². The first kappa shape index (κ1) is 13.2. The minimum Gasteiger partial charge on any atom is -0.481 e. The molecule has 1 unspecified atom stereocenters. The highest BCUT2D eigenvalue weighted by molar-refractivity contribution is 5.87. The van der Waals surface area contributed by atoms with Crippen LogP contribution < -0.4 is 0 Å². The van der Waals surface area contributed by atoms with Crippen molar-refractivity contribution in [1.82, 2.24) is 0 Å². The van der Waals surface area contributed by atoms with Crippen molar-refractivity contribution in [2.45, 2.75) is 44.4 Å². The first-order chi connectivity index (χ1) is 9.75. The number of carboxylic acid groups (broad SMARTS) is 1. The fraction of sp³-hybridized carbons (Fsp3) is 0.389. The maximum Gasteiger partial charge on any atom is 0.303 e. The molecule has 1 N–H and O–H groups in total. The molecule has 2 aromatic rings. The molecule has 0 spiro atoms. The van der Waals surface area contributed by atoms with Gasteiger partial charge in [0.05, 0.1) is 0 Å². The molecule has 1 aliphatic rings. The predicted octanol–water partition coefficient (Wildman–Crippen LogP) is 4.51. The standard InChI is InChI=1S/C18H20O2/c19-18(20)10-4-7-13-6-3-9-17-15-8-2-1-5-14(15)11-12-16(13)17/h1-2,5,8,11-13H,3-4,6-7,9-10H2,(H,19,20). The average Bonchev–Trinajstić information content (AvgIpc) is 2.47. The van der Waals surface area contributed by atoms with Crippen LogP contribution in [0.4, 0.5) is 0 Å². The fourth-order valence-electron chi connectivity index (χ4n) is 3.49. The summed E-state index contributed by atoms with van der Waals surface area (Å²) in [7, 11) is 0. The van der Waals surface area contributed by atoms with Crippen LogP contribution >= 0.6 is 0 Å². The van der Waals surface area contributed by atoms with Crippen LogP contribution in [0.5, 0.6) is 0 Å². The van der Waals surface area contributed by atoms with Gasteiger partial charge in [0, 0.05) is 6.42 Å². The summed E-state index contributed by atoms with van der Waals surface area (Å²) in [6.07, 6.45) is 5.65. The number of benzene rings is 2. The van der Waals surface area contributed by atoms with Gasteiger partial charge < -0.3 is 5.11 Å². The van der Waals surface area contributed by atoms with E-state index >= 15 is 0 Å². The van der Waals surface area contributed by atoms with Crippen molar-refractivity contribution < 1.29 is 9.90 Å². The van der Waals surface area contributed by atoms with Crippen molar-refractivity contribution in [3.8, 4) is 0 Å². The maximum atomic E-state index is 10.7. The molecule has 104 valence electrons. The van der Waals surface area contributed by atoms with Crippen LogP contribution in [0.3, 0.4) is 0 Å². The summed E-state index contributed by atoms with van der Waals surface area (Å²) in [4.78, 5) is 10.7. The van der Waals surface area contributed by atoms with Gasteiger partial charge in [-0.2, -0.15) is 0 Å². The Kier molecular flexibility index (Phi) is 3.72. The minimum atomic E-state index is -0.681. The first-order valence-electron chi connectivity index (χ1n) is 7.48. The van der Waals surface area contributed by atoms with Gasteiger partial charge in [0.2, 0.25) is 0 Å². The van der Waals surface area contributed by atoms with Crippen molar-refractivity contribution in [3.63, 3.8) is 0 Å². The van der Waals surface area contributed by atoms with Crippen LogP contribution in [-0.4, -0.2) is 11.1 Å². The van der Waals surface area contributed by atoms with Crippen LogP contribution in [0, 0.1) is 0 Å². The number of aryl methyl sites for hydroxylation is 1. The average molecular weight is 268 g/mol. The van der Waals surface area contributed by atoms with Crippen LogP contribution in [0.15, 0.2) is 36.4 Å². The number of fused-ring (bicyclic) bond motifs is 3. The minimum absolute atomic E-state index is 0.291. The second kappa shape index (κ2) is 5.66. The number of hydrogen-bond donors (Lipinski definition) is 1.